The van der Waals surface area contributed by atoms with Gasteiger partial charge in [0.25, 0.3) is 0 Å². The van der Waals surface area contributed by atoms with Crippen LogP contribution in [-0.4, -0.2) is 0 Å². The largest absolute Gasteiger partial charge is 0.271 e. The molecule has 1 atom stereocenters. The number of nitrogens with two attached hydrogens (primary N) is 1. The van der Waals surface area contributed by atoms with Crippen LogP contribution < -0.4 is 11.3 Å². The van der Waals surface area contributed by atoms with Crippen LogP contribution in [-0.2, 0) is 12.8 Å². The zero-order valence-corrected chi connectivity index (χ0v) is 10.4. The van der Waals surface area contributed by atoms with Gasteiger partial charge in [-0.1, -0.05) is 31.0 Å². The summed E-state index contributed by atoms with van der Waals surface area (Å²) in [4.78, 5) is 0. The molecule has 0 saturated heterocycles. The van der Waals surface area contributed by atoms with E-state index < -0.39 is 0 Å². The van der Waals surface area contributed by atoms with Gasteiger partial charge in [0.2, 0.25) is 0 Å². The summed E-state index contributed by atoms with van der Waals surface area (Å²) in [6.07, 6.45) is 9.23. The normalized spacial score (nSPS) is 21.7. The molecule has 1 fully saturated rings. The van der Waals surface area contributed by atoms with Gasteiger partial charge in [-0.3, -0.25) is 11.3 Å². The van der Waals surface area contributed by atoms with E-state index in [1.165, 1.54) is 50.5 Å². The molecular weight excluding hydrogens is 208 g/mol. The third-order valence-corrected chi connectivity index (χ3v) is 4.53. The fraction of sp³-hybridized carbons (Fsp3) is 0.600. The van der Waals surface area contributed by atoms with Crippen molar-refractivity contribution in [2.75, 3.05) is 0 Å². The predicted molar refractivity (Wildman–Crippen MR) is 70.5 cm³/mol. The van der Waals surface area contributed by atoms with E-state index in [1.54, 1.807) is 11.1 Å². The second-order valence-electron chi connectivity index (χ2n) is 5.57. The van der Waals surface area contributed by atoms with E-state index in [1.807, 2.05) is 0 Å². The zero-order chi connectivity index (χ0) is 11.7. The number of aryl methyl sites for hydroxylation is 2. The van der Waals surface area contributed by atoms with Crippen LogP contribution in [0.1, 0.15) is 54.8 Å². The fourth-order valence-electron chi connectivity index (χ4n) is 3.58. The lowest BCUT2D eigenvalue weighted by Crippen LogP contribution is -2.32. The SMILES string of the molecule is NNC(c1ccc2c(c1)CCC2)C1CCCC1. The molecule has 0 spiro atoms. The highest BCUT2D eigenvalue weighted by Crippen LogP contribution is 2.36. The van der Waals surface area contributed by atoms with E-state index >= 15 is 0 Å². The summed E-state index contributed by atoms with van der Waals surface area (Å²) in [7, 11) is 0. The molecule has 0 aromatic heterocycles. The van der Waals surface area contributed by atoms with E-state index in [4.69, 9.17) is 5.84 Å². The van der Waals surface area contributed by atoms with Gasteiger partial charge in [0.15, 0.2) is 0 Å². The van der Waals surface area contributed by atoms with Crippen molar-refractivity contribution >= 4 is 0 Å². The quantitative estimate of drug-likeness (QED) is 0.619. The Morgan fingerprint density at radius 3 is 2.59 bits per heavy atom. The monoisotopic (exact) mass is 230 g/mol. The maximum atomic E-state index is 5.78. The first-order chi connectivity index (χ1) is 8.38. The molecule has 1 aromatic rings. The average molecular weight is 230 g/mol. The van der Waals surface area contributed by atoms with Crippen molar-refractivity contribution in [2.24, 2.45) is 11.8 Å². The van der Waals surface area contributed by atoms with Crippen molar-refractivity contribution < 1.29 is 0 Å². The molecular formula is C15H22N2. The van der Waals surface area contributed by atoms with Gasteiger partial charge in [0.1, 0.15) is 0 Å². The van der Waals surface area contributed by atoms with Crippen LogP contribution in [0.15, 0.2) is 18.2 Å². The van der Waals surface area contributed by atoms with Crippen molar-refractivity contribution in [2.45, 2.75) is 51.0 Å². The van der Waals surface area contributed by atoms with Crippen LogP contribution in [0.5, 0.6) is 0 Å². The molecule has 0 bridgehead atoms. The highest BCUT2D eigenvalue weighted by atomic mass is 15.2. The summed E-state index contributed by atoms with van der Waals surface area (Å²) in [5.74, 6) is 6.52. The smallest absolute Gasteiger partial charge is 0.0488 e. The van der Waals surface area contributed by atoms with Crippen molar-refractivity contribution in [3.8, 4) is 0 Å². The molecule has 0 radical (unpaired) electrons. The lowest BCUT2D eigenvalue weighted by atomic mass is 9.90. The third-order valence-electron chi connectivity index (χ3n) is 4.53. The Morgan fingerprint density at radius 1 is 1.06 bits per heavy atom. The second-order valence-corrected chi connectivity index (χ2v) is 5.57. The number of fused-ring (bicyclic) bond motifs is 1. The lowest BCUT2D eigenvalue weighted by molar-refractivity contribution is 0.373. The van der Waals surface area contributed by atoms with Gasteiger partial charge in [0, 0.05) is 6.04 Å². The Morgan fingerprint density at radius 2 is 1.82 bits per heavy atom. The molecule has 3 N–H and O–H groups in total. The Hall–Kier alpha value is -0.860. The first kappa shape index (κ1) is 11.2. The van der Waals surface area contributed by atoms with Gasteiger partial charge in [0.05, 0.1) is 0 Å². The molecule has 2 aliphatic rings. The predicted octanol–water partition coefficient (Wildman–Crippen LogP) is 2.87. The lowest BCUT2D eigenvalue weighted by Gasteiger charge is -2.23. The minimum atomic E-state index is 0.364. The van der Waals surface area contributed by atoms with Crippen molar-refractivity contribution in [1.82, 2.24) is 5.43 Å². The van der Waals surface area contributed by atoms with Crippen molar-refractivity contribution in [3.05, 3.63) is 34.9 Å². The Balaban J connectivity index is 1.85. The van der Waals surface area contributed by atoms with Crippen LogP contribution in [0.25, 0.3) is 0 Å². The van der Waals surface area contributed by atoms with Gasteiger partial charge < -0.3 is 0 Å². The molecule has 92 valence electrons. The molecule has 17 heavy (non-hydrogen) atoms. The molecule has 0 aliphatic heterocycles. The van der Waals surface area contributed by atoms with Gasteiger partial charge in [-0.25, -0.2) is 0 Å². The van der Waals surface area contributed by atoms with Crippen LogP contribution in [0.2, 0.25) is 0 Å². The number of nitrogens with one attached hydrogen (secondary N) is 1. The van der Waals surface area contributed by atoms with E-state index in [-0.39, 0.29) is 0 Å². The van der Waals surface area contributed by atoms with E-state index in [0.29, 0.717) is 6.04 Å². The second kappa shape index (κ2) is 4.79. The summed E-state index contributed by atoms with van der Waals surface area (Å²) in [6.45, 7) is 0. The maximum Gasteiger partial charge on any atom is 0.0488 e. The Labute approximate surface area is 104 Å². The first-order valence-electron chi connectivity index (χ1n) is 6.96. The summed E-state index contributed by atoms with van der Waals surface area (Å²) in [6, 6.07) is 7.36. The van der Waals surface area contributed by atoms with E-state index in [9.17, 15) is 0 Å². The zero-order valence-electron chi connectivity index (χ0n) is 10.4. The number of benzene rings is 1. The minimum absolute atomic E-state index is 0.364. The number of rotatable bonds is 3. The van der Waals surface area contributed by atoms with Gasteiger partial charge in [-0.05, 0) is 54.7 Å². The molecule has 1 saturated carbocycles. The molecule has 0 amide bonds. The number of hydrogen-bond donors (Lipinski definition) is 2. The van der Waals surface area contributed by atoms with Gasteiger partial charge in [-0.2, -0.15) is 0 Å². The summed E-state index contributed by atoms with van der Waals surface area (Å²) < 4.78 is 0. The Kier molecular flexibility index (Phi) is 3.17. The molecule has 2 nitrogen and oxygen atoms in total. The molecule has 1 aromatic carbocycles. The minimum Gasteiger partial charge on any atom is -0.271 e. The first-order valence-corrected chi connectivity index (χ1v) is 6.96. The number of hydrogen-bond acceptors (Lipinski definition) is 2. The fourth-order valence-corrected chi connectivity index (χ4v) is 3.58. The molecule has 1 unspecified atom stereocenters. The number of hydrazine groups is 1. The molecule has 2 aliphatic carbocycles. The van der Waals surface area contributed by atoms with Crippen LogP contribution >= 0.6 is 0 Å². The topological polar surface area (TPSA) is 38.0 Å². The highest BCUT2D eigenvalue weighted by molar-refractivity contribution is 5.36. The summed E-state index contributed by atoms with van der Waals surface area (Å²) in [5, 5.41) is 0. The van der Waals surface area contributed by atoms with Crippen LogP contribution in [0.4, 0.5) is 0 Å². The summed E-state index contributed by atoms with van der Waals surface area (Å²) >= 11 is 0. The van der Waals surface area contributed by atoms with E-state index in [0.717, 1.165) is 5.92 Å². The standard InChI is InChI=1S/C15H22N2/c16-17-15(12-4-1-2-5-12)14-9-8-11-6-3-7-13(11)10-14/h8-10,12,15,17H,1-7,16H2. The van der Waals surface area contributed by atoms with Crippen LogP contribution in [0.3, 0.4) is 0 Å². The van der Waals surface area contributed by atoms with Crippen molar-refractivity contribution in [1.29, 1.82) is 0 Å². The molecule has 3 rings (SSSR count). The third kappa shape index (κ3) is 2.12. The summed E-state index contributed by atoms with van der Waals surface area (Å²) in [5.41, 5.74) is 7.56. The van der Waals surface area contributed by atoms with Crippen LogP contribution in [0, 0.1) is 5.92 Å². The highest BCUT2D eigenvalue weighted by Gasteiger charge is 2.26. The van der Waals surface area contributed by atoms with Crippen molar-refractivity contribution in [3.63, 3.8) is 0 Å². The molecule has 0 heterocycles. The van der Waals surface area contributed by atoms with E-state index in [2.05, 4.69) is 23.6 Å². The Bertz CT molecular complexity index is 394. The maximum absolute atomic E-state index is 5.78. The molecule has 2 heteroatoms. The average Bonchev–Trinajstić information content (AvgIpc) is 2.99. The van der Waals surface area contributed by atoms with Gasteiger partial charge in [-0.15, -0.1) is 0 Å². The van der Waals surface area contributed by atoms with Gasteiger partial charge >= 0.3 is 0 Å².